The molecule has 1 atom stereocenters. The Hall–Kier alpha value is -2.59. The summed E-state index contributed by atoms with van der Waals surface area (Å²) in [6.07, 6.45) is -2.96. The van der Waals surface area contributed by atoms with Gasteiger partial charge in [0, 0.05) is 30.9 Å². The lowest BCUT2D eigenvalue weighted by molar-refractivity contribution is -0.137. The maximum absolute atomic E-state index is 12.8. The van der Waals surface area contributed by atoms with Crippen molar-refractivity contribution in [2.45, 2.75) is 23.9 Å². The van der Waals surface area contributed by atoms with Crippen molar-refractivity contribution >= 4 is 21.6 Å². The van der Waals surface area contributed by atoms with E-state index in [1.54, 1.807) is 4.90 Å². The molecular weight excluding hydrogens is 421 g/mol. The Bertz CT molecular complexity index is 1010. The van der Waals surface area contributed by atoms with Crippen LogP contribution in [0.15, 0.2) is 53.4 Å². The van der Waals surface area contributed by atoms with Gasteiger partial charge < -0.3 is 10.0 Å². The van der Waals surface area contributed by atoms with Gasteiger partial charge >= 0.3 is 6.18 Å². The number of anilines is 1. The van der Waals surface area contributed by atoms with Crippen LogP contribution in [-0.2, 0) is 16.2 Å². The second-order valence-electron chi connectivity index (χ2n) is 7.15. The van der Waals surface area contributed by atoms with Gasteiger partial charge in [0.05, 0.1) is 10.5 Å². The number of likely N-dealkylation sites (tertiary alicyclic amines) is 1. The normalized spacial score (nSPS) is 17.6. The maximum atomic E-state index is 12.8. The van der Waals surface area contributed by atoms with Gasteiger partial charge in [-0.1, -0.05) is 6.07 Å². The summed E-state index contributed by atoms with van der Waals surface area (Å²) in [5.74, 6) is -0.234. The van der Waals surface area contributed by atoms with Crippen LogP contribution < -0.4 is 4.72 Å². The fraction of sp³-hybridized carbons (Fsp3) is 0.350. The van der Waals surface area contributed by atoms with Gasteiger partial charge in [0.2, 0.25) is 0 Å². The van der Waals surface area contributed by atoms with E-state index in [9.17, 15) is 31.5 Å². The van der Waals surface area contributed by atoms with Crippen molar-refractivity contribution in [3.05, 3.63) is 59.7 Å². The van der Waals surface area contributed by atoms with Crippen LogP contribution in [0.25, 0.3) is 0 Å². The van der Waals surface area contributed by atoms with Gasteiger partial charge in [-0.3, -0.25) is 9.52 Å². The molecule has 0 spiro atoms. The van der Waals surface area contributed by atoms with Gasteiger partial charge in [-0.15, -0.1) is 0 Å². The molecule has 1 heterocycles. The van der Waals surface area contributed by atoms with Gasteiger partial charge in [0.1, 0.15) is 0 Å². The number of alkyl halides is 3. The van der Waals surface area contributed by atoms with Crippen molar-refractivity contribution in [1.82, 2.24) is 4.90 Å². The Morgan fingerprint density at radius 3 is 2.50 bits per heavy atom. The molecule has 1 fully saturated rings. The van der Waals surface area contributed by atoms with Crippen molar-refractivity contribution in [3.8, 4) is 0 Å². The van der Waals surface area contributed by atoms with Crippen molar-refractivity contribution in [1.29, 1.82) is 0 Å². The van der Waals surface area contributed by atoms with Crippen LogP contribution >= 0.6 is 0 Å². The molecule has 1 aliphatic heterocycles. The van der Waals surface area contributed by atoms with E-state index in [2.05, 4.69) is 4.72 Å². The van der Waals surface area contributed by atoms with Crippen LogP contribution in [0.1, 0.15) is 28.8 Å². The van der Waals surface area contributed by atoms with Crippen LogP contribution in [0.5, 0.6) is 0 Å². The van der Waals surface area contributed by atoms with Crippen LogP contribution in [0.2, 0.25) is 0 Å². The summed E-state index contributed by atoms with van der Waals surface area (Å²) in [4.78, 5) is 14.1. The summed E-state index contributed by atoms with van der Waals surface area (Å²) >= 11 is 0. The molecule has 1 unspecified atom stereocenters. The summed E-state index contributed by atoms with van der Waals surface area (Å²) in [5, 5.41) is 9.30. The van der Waals surface area contributed by atoms with Gasteiger partial charge in [-0.2, -0.15) is 13.2 Å². The highest BCUT2D eigenvalue weighted by Crippen LogP contribution is 2.31. The van der Waals surface area contributed by atoms with Crippen LogP contribution in [0, 0.1) is 5.92 Å². The number of hydrogen-bond acceptors (Lipinski definition) is 4. The minimum Gasteiger partial charge on any atom is -0.396 e. The zero-order valence-electron chi connectivity index (χ0n) is 15.9. The molecule has 0 aromatic heterocycles. The Kier molecular flexibility index (Phi) is 6.37. The summed E-state index contributed by atoms with van der Waals surface area (Å²) in [6, 6.07) is 9.09. The van der Waals surface area contributed by atoms with Gasteiger partial charge in [-0.05, 0) is 61.2 Å². The van der Waals surface area contributed by atoms with E-state index in [1.807, 2.05) is 0 Å². The van der Waals surface area contributed by atoms with Crippen molar-refractivity contribution in [3.63, 3.8) is 0 Å². The number of piperidine rings is 1. The molecule has 1 amide bonds. The number of hydrogen-bond donors (Lipinski definition) is 2. The predicted molar refractivity (Wildman–Crippen MR) is 104 cm³/mol. The monoisotopic (exact) mass is 442 g/mol. The standard InChI is InChI=1S/C20H21F3N2O4S/c21-20(22,23)16-4-1-5-17(11-16)24-30(28,29)18-8-6-15(7-9-18)19(27)25-10-2-3-14(12-25)13-26/h1,4-9,11,14,24,26H,2-3,10,12-13H2. The Morgan fingerprint density at radius 2 is 1.87 bits per heavy atom. The molecule has 1 saturated heterocycles. The first kappa shape index (κ1) is 22.1. The SMILES string of the molecule is O=C(c1ccc(S(=O)(=O)Nc2cccc(C(F)(F)F)c2)cc1)N1CCCC(CO)C1. The van der Waals surface area contributed by atoms with E-state index in [-0.39, 0.29) is 29.0 Å². The summed E-state index contributed by atoms with van der Waals surface area (Å²) in [6.45, 7) is 1.00. The van der Waals surface area contributed by atoms with Crippen molar-refractivity contribution in [2.24, 2.45) is 5.92 Å². The lowest BCUT2D eigenvalue weighted by Gasteiger charge is -2.31. The van der Waals surface area contributed by atoms with Crippen LogP contribution in [0.4, 0.5) is 18.9 Å². The third-order valence-corrected chi connectivity index (χ3v) is 6.32. The molecule has 0 aliphatic carbocycles. The number of sulfonamides is 1. The van der Waals surface area contributed by atoms with Gasteiger partial charge in [0.15, 0.2) is 0 Å². The summed E-state index contributed by atoms with van der Waals surface area (Å²) in [5.41, 5.74) is -0.883. The van der Waals surface area contributed by atoms with Gasteiger partial charge in [-0.25, -0.2) is 8.42 Å². The molecule has 0 radical (unpaired) electrons. The molecule has 2 N–H and O–H groups in total. The zero-order valence-corrected chi connectivity index (χ0v) is 16.7. The third kappa shape index (κ3) is 5.11. The number of aliphatic hydroxyl groups excluding tert-OH is 1. The minimum absolute atomic E-state index is 0.00215. The lowest BCUT2D eigenvalue weighted by Crippen LogP contribution is -2.40. The summed E-state index contributed by atoms with van der Waals surface area (Å²) in [7, 11) is -4.13. The average Bonchev–Trinajstić information content (AvgIpc) is 2.72. The zero-order chi connectivity index (χ0) is 21.9. The Balaban J connectivity index is 1.74. The fourth-order valence-electron chi connectivity index (χ4n) is 3.33. The second kappa shape index (κ2) is 8.65. The molecule has 162 valence electrons. The van der Waals surface area contributed by atoms with Crippen molar-refractivity contribution in [2.75, 3.05) is 24.4 Å². The van der Waals surface area contributed by atoms with Crippen LogP contribution in [-0.4, -0.2) is 44.0 Å². The lowest BCUT2D eigenvalue weighted by atomic mass is 9.98. The summed E-state index contributed by atoms with van der Waals surface area (Å²) < 4.78 is 65.6. The Morgan fingerprint density at radius 1 is 1.17 bits per heavy atom. The highest BCUT2D eigenvalue weighted by molar-refractivity contribution is 7.92. The van der Waals surface area contributed by atoms with E-state index >= 15 is 0 Å². The smallest absolute Gasteiger partial charge is 0.396 e. The maximum Gasteiger partial charge on any atom is 0.416 e. The first-order valence-corrected chi connectivity index (χ1v) is 10.8. The number of rotatable bonds is 5. The molecule has 3 rings (SSSR count). The van der Waals surface area contributed by atoms with E-state index in [1.165, 1.54) is 30.3 Å². The van der Waals surface area contributed by atoms with E-state index in [0.29, 0.717) is 24.7 Å². The topological polar surface area (TPSA) is 86.7 Å². The molecule has 6 nitrogen and oxygen atoms in total. The molecule has 0 bridgehead atoms. The molecular formula is C20H21F3N2O4S. The van der Waals surface area contributed by atoms with E-state index < -0.39 is 21.8 Å². The van der Waals surface area contributed by atoms with E-state index in [4.69, 9.17) is 0 Å². The number of carbonyl (C=O) groups excluding carboxylic acids is 1. The predicted octanol–water partition coefficient (Wildman–Crippen LogP) is 3.35. The first-order valence-electron chi connectivity index (χ1n) is 9.30. The quantitative estimate of drug-likeness (QED) is 0.744. The molecule has 1 aliphatic rings. The Labute approximate surface area is 172 Å². The second-order valence-corrected chi connectivity index (χ2v) is 8.83. The molecule has 10 heteroatoms. The number of nitrogens with one attached hydrogen (secondary N) is 1. The number of amides is 1. The number of halogens is 3. The minimum atomic E-state index is -4.59. The molecule has 30 heavy (non-hydrogen) atoms. The molecule has 0 saturated carbocycles. The largest absolute Gasteiger partial charge is 0.416 e. The molecule has 2 aromatic carbocycles. The number of aliphatic hydroxyl groups is 1. The van der Waals surface area contributed by atoms with Crippen LogP contribution in [0.3, 0.4) is 0 Å². The van der Waals surface area contributed by atoms with Crippen molar-refractivity contribution < 1.29 is 31.5 Å². The fourth-order valence-corrected chi connectivity index (χ4v) is 4.38. The number of carbonyl (C=O) groups is 1. The highest BCUT2D eigenvalue weighted by Gasteiger charge is 2.31. The average molecular weight is 442 g/mol. The number of nitrogens with zero attached hydrogens (tertiary/aromatic N) is 1. The molecule has 2 aromatic rings. The van der Waals surface area contributed by atoms with Gasteiger partial charge in [0.25, 0.3) is 15.9 Å². The third-order valence-electron chi connectivity index (χ3n) is 4.92. The number of benzene rings is 2. The van der Waals surface area contributed by atoms with E-state index in [0.717, 1.165) is 25.0 Å². The first-order chi connectivity index (χ1) is 14.1. The highest BCUT2D eigenvalue weighted by atomic mass is 32.2.